The summed E-state index contributed by atoms with van der Waals surface area (Å²) in [7, 11) is 0. The summed E-state index contributed by atoms with van der Waals surface area (Å²) < 4.78 is 0. The van der Waals surface area contributed by atoms with Gasteiger partial charge in [0.1, 0.15) is 0 Å². The van der Waals surface area contributed by atoms with Crippen molar-refractivity contribution in [1.29, 1.82) is 5.41 Å². The quantitative estimate of drug-likeness (QED) is 0.617. The van der Waals surface area contributed by atoms with Crippen molar-refractivity contribution in [3.8, 4) is 0 Å². The third-order valence-corrected chi connectivity index (χ3v) is 3.42. The van der Waals surface area contributed by atoms with E-state index < -0.39 is 0 Å². The van der Waals surface area contributed by atoms with Crippen LogP contribution in [0.5, 0.6) is 0 Å². The van der Waals surface area contributed by atoms with Gasteiger partial charge in [0.05, 0.1) is 5.84 Å². The van der Waals surface area contributed by atoms with Gasteiger partial charge in [-0.1, -0.05) is 25.7 Å². The molecule has 0 unspecified atom stereocenters. The summed E-state index contributed by atoms with van der Waals surface area (Å²) in [5, 5.41) is 7.84. The van der Waals surface area contributed by atoms with E-state index in [1.165, 1.54) is 44.9 Å². The molecule has 1 saturated carbocycles. The molecule has 2 rings (SSSR count). The van der Waals surface area contributed by atoms with E-state index >= 15 is 0 Å². The summed E-state index contributed by atoms with van der Waals surface area (Å²) in [6, 6.07) is 0.720. The summed E-state index contributed by atoms with van der Waals surface area (Å²) in [4.78, 5) is 2.37. The topological polar surface area (TPSA) is 27.1 Å². The van der Waals surface area contributed by atoms with Crippen LogP contribution in [0.2, 0.25) is 0 Å². The van der Waals surface area contributed by atoms with Crippen molar-refractivity contribution in [1.82, 2.24) is 4.90 Å². The smallest absolute Gasteiger partial charge is 0.0960 e. The largest absolute Gasteiger partial charge is 0.358 e. The van der Waals surface area contributed by atoms with E-state index in [9.17, 15) is 0 Å². The summed E-state index contributed by atoms with van der Waals surface area (Å²) in [6.07, 6.45) is 10.5. The normalized spacial score (nSPS) is 26.5. The number of nitrogens with one attached hydrogen (secondary N) is 1. The fraction of sp³-hybridized carbons (Fsp3) is 0.909. The molecule has 0 atom stereocenters. The van der Waals surface area contributed by atoms with Crippen LogP contribution in [0, 0.1) is 5.41 Å². The van der Waals surface area contributed by atoms with Crippen molar-refractivity contribution in [2.24, 2.45) is 0 Å². The van der Waals surface area contributed by atoms with E-state index in [0.717, 1.165) is 24.8 Å². The highest BCUT2D eigenvalue weighted by atomic mass is 15.2. The lowest BCUT2D eigenvalue weighted by atomic mass is 10.1. The van der Waals surface area contributed by atoms with Gasteiger partial charge < -0.3 is 4.90 Å². The molecule has 0 aromatic carbocycles. The van der Waals surface area contributed by atoms with Crippen LogP contribution in [-0.2, 0) is 0 Å². The average molecular weight is 180 g/mol. The lowest BCUT2D eigenvalue weighted by Gasteiger charge is -2.28. The Morgan fingerprint density at radius 3 is 2.23 bits per heavy atom. The Bertz CT molecular complexity index is 181. The summed E-state index contributed by atoms with van der Waals surface area (Å²) in [5.74, 6) is 0.909. The fourth-order valence-electron chi connectivity index (χ4n) is 2.67. The number of hydrogen-bond donors (Lipinski definition) is 1. The molecule has 0 amide bonds. The Morgan fingerprint density at radius 1 is 1.00 bits per heavy atom. The van der Waals surface area contributed by atoms with Gasteiger partial charge in [-0.25, -0.2) is 0 Å². The van der Waals surface area contributed by atoms with Crippen LogP contribution >= 0.6 is 0 Å². The monoisotopic (exact) mass is 180 g/mol. The molecule has 2 nitrogen and oxygen atoms in total. The van der Waals surface area contributed by atoms with Crippen LogP contribution in [0.25, 0.3) is 0 Å². The van der Waals surface area contributed by atoms with Crippen LogP contribution in [0.15, 0.2) is 0 Å². The molecule has 1 heterocycles. The third kappa shape index (κ3) is 2.04. The minimum absolute atomic E-state index is 0.720. The zero-order valence-electron chi connectivity index (χ0n) is 8.39. The Balaban J connectivity index is 1.93. The maximum Gasteiger partial charge on any atom is 0.0960 e. The zero-order valence-corrected chi connectivity index (χ0v) is 8.39. The van der Waals surface area contributed by atoms with Gasteiger partial charge in [0.25, 0.3) is 0 Å². The van der Waals surface area contributed by atoms with Crippen molar-refractivity contribution in [2.75, 3.05) is 6.54 Å². The first-order valence-corrected chi connectivity index (χ1v) is 5.72. The van der Waals surface area contributed by atoms with Gasteiger partial charge in [-0.15, -0.1) is 0 Å². The first kappa shape index (κ1) is 9.04. The lowest BCUT2D eigenvalue weighted by Crippen LogP contribution is -2.35. The van der Waals surface area contributed by atoms with Crippen LogP contribution in [0.4, 0.5) is 0 Å². The first-order chi connectivity index (χ1) is 6.38. The second kappa shape index (κ2) is 4.12. The van der Waals surface area contributed by atoms with Gasteiger partial charge in [0.15, 0.2) is 0 Å². The van der Waals surface area contributed by atoms with Crippen molar-refractivity contribution in [3.05, 3.63) is 0 Å². The van der Waals surface area contributed by atoms with Crippen molar-refractivity contribution >= 4 is 5.84 Å². The third-order valence-electron chi connectivity index (χ3n) is 3.42. The second-order valence-corrected chi connectivity index (χ2v) is 4.39. The van der Waals surface area contributed by atoms with E-state index in [-0.39, 0.29) is 0 Å². The van der Waals surface area contributed by atoms with Gasteiger partial charge in [-0.3, -0.25) is 5.41 Å². The van der Waals surface area contributed by atoms with Gasteiger partial charge in [-0.2, -0.15) is 0 Å². The molecule has 13 heavy (non-hydrogen) atoms. The standard InChI is InChI=1S/C11H20N2/c12-11-8-5-9-13(11)10-6-3-1-2-4-7-10/h10,12H,1-9H2. The highest BCUT2D eigenvalue weighted by molar-refractivity contribution is 5.81. The lowest BCUT2D eigenvalue weighted by molar-refractivity contribution is 0.301. The van der Waals surface area contributed by atoms with E-state index in [1.54, 1.807) is 0 Å². The van der Waals surface area contributed by atoms with Crippen molar-refractivity contribution in [2.45, 2.75) is 57.4 Å². The van der Waals surface area contributed by atoms with E-state index in [2.05, 4.69) is 4.90 Å². The van der Waals surface area contributed by atoms with Crippen LogP contribution < -0.4 is 0 Å². The molecule has 2 fully saturated rings. The molecule has 0 spiro atoms. The highest BCUT2D eigenvalue weighted by Gasteiger charge is 2.25. The molecular weight excluding hydrogens is 160 g/mol. The Kier molecular flexibility index (Phi) is 2.87. The van der Waals surface area contributed by atoms with Gasteiger partial charge in [0, 0.05) is 19.0 Å². The molecule has 0 aromatic rings. The zero-order chi connectivity index (χ0) is 9.10. The van der Waals surface area contributed by atoms with Crippen LogP contribution in [0.3, 0.4) is 0 Å². The minimum atomic E-state index is 0.720. The summed E-state index contributed by atoms with van der Waals surface area (Å²) in [6.45, 7) is 1.16. The van der Waals surface area contributed by atoms with Crippen molar-refractivity contribution in [3.63, 3.8) is 0 Å². The molecule has 1 aliphatic heterocycles. The first-order valence-electron chi connectivity index (χ1n) is 5.72. The summed E-state index contributed by atoms with van der Waals surface area (Å²) >= 11 is 0. The maximum absolute atomic E-state index is 7.84. The molecule has 1 aliphatic carbocycles. The minimum Gasteiger partial charge on any atom is -0.358 e. The maximum atomic E-state index is 7.84. The Hall–Kier alpha value is -0.530. The predicted octanol–water partition coefficient (Wildman–Crippen LogP) is 2.78. The Labute approximate surface area is 80.8 Å². The molecule has 0 bridgehead atoms. The SMILES string of the molecule is N=C1CCCN1C1CCCCCC1. The predicted molar refractivity (Wildman–Crippen MR) is 55.2 cm³/mol. The number of nitrogens with zero attached hydrogens (tertiary/aromatic N) is 1. The molecule has 2 aliphatic rings. The van der Waals surface area contributed by atoms with Gasteiger partial charge in [0.2, 0.25) is 0 Å². The number of rotatable bonds is 1. The molecule has 1 N–H and O–H groups in total. The molecule has 74 valence electrons. The summed E-state index contributed by atoms with van der Waals surface area (Å²) in [5.41, 5.74) is 0. The van der Waals surface area contributed by atoms with Gasteiger partial charge in [-0.05, 0) is 19.3 Å². The number of amidine groups is 1. The van der Waals surface area contributed by atoms with Crippen molar-refractivity contribution < 1.29 is 0 Å². The Morgan fingerprint density at radius 2 is 1.69 bits per heavy atom. The van der Waals surface area contributed by atoms with Crippen LogP contribution in [0.1, 0.15) is 51.4 Å². The molecule has 1 saturated heterocycles. The van der Waals surface area contributed by atoms with Gasteiger partial charge >= 0.3 is 0 Å². The molecule has 0 radical (unpaired) electrons. The fourth-order valence-corrected chi connectivity index (χ4v) is 2.67. The number of likely N-dealkylation sites (tertiary alicyclic amines) is 1. The van der Waals surface area contributed by atoms with E-state index in [0.29, 0.717) is 0 Å². The molecule has 2 heteroatoms. The molecular formula is C11H20N2. The van der Waals surface area contributed by atoms with Crippen LogP contribution in [-0.4, -0.2) is 23.3 Å². The second-order valence-electron chi connectivity index (χ2n) is 4.39. The van der Waals surface area contributed by atoms with E-state index in [4.69, 9.17) is 5.41 Å². The highest BCUT2D eigenvalue weighted by Crippen LogP contribution is 2.25. The number of hydrogen-bond acceptors (Lipinski definition) is 1. The van der Waals surface area contributed by atoms with E-state index in [1.807, 2.05) is 0 Å². The molecule has 0 aromatic heterocycles. The average Bonchev–Trinajstić information content (AvgIpc) is 2.43.